The highest BCUT2D eigenvalue weighted by Crippen LogP contribution is 2.20. The molecule has 0 fully saturated rings. The first-order chi connectivity index (χ1) is 17.0. The van der Waals surface area contributed by atoms with Gasteiger partial charge in [0.05, 0.1) is 6.61 Å². The number of amides is 2. The molecular weight excluding hydrogens is 528 g/mol. The van der Waals surface area contributed by atoms with Gasteiger partial charge < -0.3 is 15.0 Å². The van der Waals surface area contributed by atoms with E-state index in [9.17, 15) is 9.59 Å². The molecule has 0 aliphatic carbocycles. The van der Waals surface area contributed by atoms with Gasteiger partial charge >= 0.3 is 0 Å². The summed E-state index contributed by atoms with van der Waals surface area (Å²) in [7, 11) is 0. The number of nitrogens with zero attached hydrogens (tertiary/aromatic N) is 1. The average Bonchev–Trinajstić information content (AvgIpc) is 2.86. The van der Waals surface area contributed by atoms with Crippen LogP contribution < -0.4 is 10.1 Å². The van der Waals surface area contributed by atoms with Crippen LogP contribution in [0.25, 0.3) is 0 Å². The fourth-order valence-electron chi connectivity index (χ4n) is 3.77. The van der Waals surface area contributed by atoms with Crippen molar-refractivity contribution in [2.45, 2.75) is 38.8 Å². The van der Waals surface area contributed by atoms with Gasteiger partial charge in [0.25, 0.3) is 0 Å². The maximum atomic E-state index is 13.5. The maximum absolute atomic E-state index is 13.5. The number of benzene rings is 3. The summed E-state index contributed by atoms with van der Waals surface area (Å²) in [5.74, 6) is 0.464. The normalized spacial score (nSPS) is 11.5. The zero-order valence-electron chi connectivity index (χ0n) is 19.8. The number of rotatable bonds is 12. The Bertz CT molecular complexity index is 1090. The molecule has 2 amide bonds. The summed E-state index contributed by atoms with van der Waals surface area (Å²) < 4.78 is 6.68. The van der Waals surface area contributed by atoms with Crippen LogP contribution in [0, 0.1) is 0 Å². The molecule has 0 saturated heterocycles. The summed E-state index contributed by atoms with van der Waals surface area (Å²) in [6.07, 6.45) is 1.24. The molecule has 1 N–H and O–H groups in total. The van der Waals surface area contributed by atoms with Crippen LogP contribution in [0.15, 0.2) is 83.3 Å². The highest BCUT2D eigenvalue weighted by molar-refractivity contribution is 9.10. The molecule has 0 saturated carbocycles. The zero-order valence-corrected chi connectivity index (χ0v) is 22.1. The van der Waals surface area contributed by atoms with Crippen molar-refractivity contribution in [3.05, 3.63) is 99.5 Å². The van der Waals surface area contributed by atoms with Gasteiger partial charge in [-0.1, -0.05) is 70.0 Å². The van der Waals surface area contributed by atoms with Crippen molar-refractivity contribution in [1.29, 1.82) is 0 Å². The molecule has 5 nitrogen and oxygen atoms in total. The predicted molar refractivity (Wildman–Crippen MR) is 143 cm³/mol. The van der Waals surface area contributed by atoms with Crippen LogP contribution in [0.5, 0.6) is 5.75 Å². The lowest BCUT2D eigenvalue weighted by molar-refractivity contribution is -0.141. The van der Waals surface area contributed by atoms with Crippen LogP contribution in [0.4, 0.5) is 0 Å². The molecule has 0 aliphatic heterocycles. The van der Waals surface area contributed by atoms with Gasteiger partial charge in [-0.15, -0.1) is 0 Å². The van der Waals surface area contributed by atoms with E-state index in [0.29, 0.717) is 43.3 Å². The summed E-state index contributed by atoms with van der Waals surface area (Å²) in [6.45, 7) is 3.11. The number of carbonyl (C=O) groups is 2. The maximum Gasteiger partial charge on any atom is 0.243 e. The SMILES string of the molecule is CCNC(=O)C(Cc1ccccc1)N(Cc1cccc(Br)c1)C(=O)CCCOc1ccc(Cl)cc1. The Hall–Kier alpha value is -2.83. The van der Waals surface area contributed by atoms with Gasteiger partial charge in [-0.25, -0.2) is 0 Å². The molecule has 1 atom stereocenters. The van der Waals surface area contributed by atoms with Crippen molar-refractivity contribution in [3.63, 3.8) is 0 Å². The molecular formula is C28H30BrClN2O3. The molecule has 1 unspecified atom stereocenters. The molecule has 7 heteroatoms. The van der Waals surface area contributed by atoms with E-state index in [1.807, 2.05) is 61.5 Å². The molecule has 35 heavy (non-hydrogen) atoms. The third kappa shape index (κ3) is 8.71. The Morgan fingerprint density at radius 3 is 2.40 bits per heavy atom. The molecule has 0 spiro atoms. The van der Waals surface area contributed by atoms with E-state index in [4.69, 9.17) is 16.3 Å². The summed E-state index contributed by atoms with van der Waals surface area (Å²) in [5, 5.41) is 3.56. The minimum Gasteiger partial charge on any atom is -0.494 e. The largest absolute Gasteiger partial charge is 0.494 e. The fraction of sp³-hybridized carbons (Fsp3) is 0.286. The summed E-state index contributed by atoms with van der Waals surface area (Å²) in [5.41, 5.74) is 1.95. The summed E-state index contributed by atoms with van der Waals surface area (Å²) >= 11 is 9.42. The Morgan fingerprint density at radius 1 is 1.00 bits per heavy atom. The standard InChI is InChI=1S/C28H30BrClN2O3/c1-2-31-28(34)26(19-21-8-4-3-5-9-21)32(20-22-10-6-11-23(29)18-22)27(33)12-7-17-35-25-15-13-24(30)14-16-25/h3-6,8-11,13-16,18,26H,2,7,12,17,19-20H2,1H3,(H,31,34). The van der Waals surface area contributed by atoms with Crippen LogP contribution >= 0.6 is 27.5 Å². The van der Waals surface area contributed by atoms with Crippen molar-refractivity contribution >= 4 is 39.3 Å². The lowest BCUT2D eigenvalue weighted by Gasteiger charge is -2.31. The number of carbonyl (C=O) groups excluding carboxylic acids is 2. The molecule has 3 aromatic carbocycles. The van der Waals surface area contributed by atoms with Crippen LogP contribution in [-0.4, -0.2) is 35.9 Å². The molecule has 0 heterocycles. The van der Waals surface area contributed by atoms with Crippen LogP contribution in [0.2, 0.25) is 5.02 Å². The van der Waals surface area contributed by atoms with E-state index in [2.05, 4.69) is 21.2 Å². The van der Waals surface area contributed by atoms with Crippen molar-refractivity contribution < 1.29 is 14.3 Å². The highest BCUT2D eigenvalue weighted by Gasteiger charge is 2.29. The first-order valence-electron chi connectivity index (χ1n) is 11.7. The Kier molecular flexibility index (Phi) is 10.6. The molecule has 0 radical (unpaired) electrons. The average molecular weight is 558 g/mol. The van der Waals surface area contributed by atoms with Crippen LogP contribution in [0.1, 0.15) is 30.9 Å². The monoisotopic (exact) mass is 556 g/mol. The second-order valence-corrected chi connectivity index (χ2v) is 9.51. The topological polar surface area (TPSA) is 58.6 Å². The first-order valence-corrected chi connectivity index (χ1v) is 12.9. The minimum absolute atomic E-state index is 0.0862. The van der Waals surface area contributed by atoms with Gasteiger partial charge in [-0.3, -0.25) is 9.59 Å². The smallest absolute Gasteiger partial charge is 0.243 e. The van der Waals surface area contributed by atoms with Gasteiger partial charge in [0.1, 0.15) is 11.8 Å². The fourth-order valence-corrected chi connectivity index (χ4v) is 4.34. The molecule has 184 valence electrons. The van der Waals surface area contributed by atoms with E-state index in [1.165, 1.54) is 0 Å². The first kappa shape index (κ1) is 26.8. The van der Waals surface area contributed by atoms with Crippen molar-refractivity contribution in [2.24, 2.45) is 0 Å². The van der Waals surface area contributed by atoms with Crippen LogP contribution in [0.3, 0.4) is 0 Å². The zero-order chi connectivity index (χ0) is 25.0. The number of ether oxygens (including phenoxy) is 1. The number of hydrogen-bond donors (Lipinski definition) is 1. The Labute approximate surface area is 220 Å². The third-order valence-electron chi connectivity index (χ3n) is 5.48. The second-order valence-electron chi connectivity index (χ2n) is 8.16. The molecule has 0 aliphatic rings. The van der Waals surface area contributed by atoms with E-state index >= 15 is 0 Å². The number of halogens is 2. The van der Waals surface area contributed by atoms with Gasteiger partial charge in [0, 0.05) is 35.4 Å². The molecule has 3 aromatic rings. The van der Waals surface area contributed by atoms with Gasteiger partial charge in [-0.05, 0) is 60.9 Å². The van der Waals surface area contributed by atoms with Crippen molar-refractivity contribution in [3.8, 4) is 5.75 Å². The van der Waals surface area contributed by atoms with E-state index in [1.54, 1.807) is 29.2 Å². The quantitative estimate of drug-likeness (QED) is 0.276. The number of nitrogens with one attached hydrogen (secondary N) is 1. The molecule has 3 rings (SSSR count). The summed E-state index contributed by atoms with van der Waals surface area (Å²) in [4.78, 5) is 28.3. The predicted octanol–water partition coefficient (Wildman–Crippen LogP) is 6.04. The van der Waals surface area contributed by atoms with E-state index < -0.39 is 6.04 Å². The van der Waals surface area contributed by atoms with E-state index in [-0.39, 0.29) is 18.2 Å². The van der Waals surface area contributed by atoms with Crippen molar-refractivity contribution in [1.82, 2.24) is 10.2 Å². The minimum atomic E-state index is -0.624. The highest BCUT2D eigenvalue weighted by atomic mass is 79.9. The van der Waals surface area contributed by atoms with Gasteiger partial charge in [0.2, 0.25) is 11.8 Å². The van der Waals surface area contributed by atoms with Gasteiger partial charge in [0.15, 0.2) is 0 Å². The Morgan fingerprint density at radius 2 is 1.71 bits per heavy atom. The van der Waals surface area contributed by atoms with E-state index in [0.717, 1.165) is 15.6 Å². The lowest BCUT2D eigenvalue weighted by Crippen LogP contribution is -2.50. The van der Waals surface area contributed by atoms with Crippen molar-refractivity contribution in [2.75, 3.05) is 13.2 Å². The molecule has 0 aromatic heterocycles. The number of likely N-dealkylation sites (N-methyl/N-ethyl adjacent to an activating group) is 1. The summed E-state index contributed by atoms with van der Waals surface area (Å²) in [6, 6.07) is 24.1. The Balaban J connectivity index is 1.76. The number of hydrogen-bond acceptors (Lipinski definition) is 3. The van der Waals surface area contributed by atoms with Crippen LogP contribution in [-0.2, 0) is 22.6 Å². The lowest BCUT2D eigenvalue weighted by atomic mass is 10.0. The third-order valence-corrected chi connectivity index (χ3v) is 6.23. The van der Waals surface area contributed by atoms with Gasteiger partial charge in [-0.2, -0.15) is 0 Å². The molecule has 0 bridgehead atoms. The second kappa shape index (κ2) is 13.9.